The maximum atomic E-state index is 11.2. The van der Waals surface area contributed by atoms with Crippen LogP contribution in [-0.4, -0.2) is 44.9 Å². The van der Waals surface area contributed by atoms with Crippen molar-refractivity contribution in [3.05, 3.63) is 5.82 Å². The van der Waals surface area contributed by atoms with Crippen molar-refractivity contribution in [3.63, 3.8) is 0 Å². The predicted molar refractivity (Wildman–Crippen MR) is 43.5 cm³/mol. The van der Waals surface area contributed by atoms with Gasteiger partial charge in [0, 0.05) is 13.2 Å². The van der Waals surface area contributed by atoms with Gasteiger partial charge in [-0.1, -0.05) is 5.21 Å². The van der Waals surface area contributed by atoms with Gasteiger partial charge < -0.3 is 9.84 Å². The normalized spacial score (nSPS) is 20.6. The zero-order valence-electron chi connectivity index (χ0n) is 7.43. The van der Waals surface area contributed by atoms with Gasteiger partial charge in [-0.05, 0) is 12.8 Å². The highest BCUT2D eigenvalue weighted by Crippen LogP contribution is 2.32. The van der Waals surface area contributed by atoms with Crippen LogP contribution in [0.1, 0.15) is 18.7 Å². The standard InChI is InChI=1S/C7H10N4O3/c12-6(13)7(1-3-14-4-2-7)5-8-10-11-9-5/h1-4H2,(H,12,13)(H,8,9,10,11). The molecule has 2 heterocycles. The zero-order valence-corrected chi connectivity index (χ0v) is 7.43. The van der Waals surface area contributed by atoms with Crippen LogP contribution in [0.2, 0.25) is 0 Å². The van der Waals surface area contributed by atoms with E-state index in [1.54, 1.807) is 0 Å². The first kappa shape index (κ1) is 9.07. The largest absolute Gasteiger partial charge is 0.480 e. The first-order chi connectivity index (χ1) is 6.76. The van der Waals surface area contributed by atoms with Gasteiger partial charge in [0.1, 0.15) is 5.41 Å². The lowest BCUT2D eigenvalue weighted by Gasteiger charge is -2.29. The summed E-state index contributed by atoms with van der Waals surface area (Å²) in [6.45, 7) is 0.835. The highest BCUT2D eigenvalue weighted by molar-refractivity contribution is 5.80. The number of ether oxygens (including phenoxy) is 1. The summed E-state index contributed by atoms with van der Waals surface area (Å²) in [7, 11) is 0. The molecule has 14 heavy (non-hydrogen) atoms. The van der Waals surface area contributed by atoms with Gasteiger partial charge in [-0.15, -0.1) is 10.2 Å². The Bertz CT molecular complexity index is 318. The summed E-state index contributed by atoms with van der Waals surface area (Å²) in [4.78, 5) is 11.2. The Labute approximate surface area is 79.5 Å². The monoisotopic (exact) mass is 198 g/mol. The summed E-state index contributed by atoms with van der Waals surface area (Å²) in [6.07, 6.45) is 0.781. The molecule has 1 aromatic rings. The fourth-order valence-electron chi connectivity index (χ4n) is 1.62. The van der Waals surface area contributed by atoms with Crippen LogP contribution in [0.25, 0.3) is 0 Å². The quantitative estimate of drug-likeness (QED) is 0.653. The van der Waals surface area contributed by atoms with Crippen molar-refractivity contribution < 1.29 is 14.6 Å². The molecule has 0 bridgehead atoms. The molecule has 0 unspecified atom stereocenters. The lowest BCUT2D eigenvalue weighted by molar-refractivity contribution is -0.148. The summed E-state index contributed by atoms with van der Waals surface area (Å²) < 4.78 is 5.12. The van der Waals surface area contributed by atoms with Crippen LogP contribution in [-0.2, 0) is 14.9 Å². The predicted octanol–water partition coefficient (Wildman–Crippen LogP) is -0.668. The van der Waals surface area contributed by atoms with Gasteiger partial charge in [0.2, 0.25) is 0 Å². The smallest absolute Gasteiger partial charge is 0.317 e. The lowest BCUT2D eigenvalue weighted by Crippen LogP contribution is -2.42. The van der Waals surface area contributed by atoms with Crippen molar-refractivity contribution in [2.45, 2.75) is 18.3 Å². The number of tetrazole rings is 1. The van der Waals surface area contributed by atoms with Crippen LogP contribution in [0.15, 0.2) is 0 Å². The summed E-state index contributed by atoms with van der Waals surface area (Å²) in [5.74, 6) is -0.671. The van der Waals surface area contributed by atoms with E-state index in [0.29, 0.717) is 26.1 Å². The fraction of sp³-hybridized carbons (Fsp3) is 0.714. The molecule has 0 saturated carbocycles. The molecule has 2 rings (SSSR count). The SMILES string of the molecule is O=C(O)C1(c2nn[nH]n2)CCOCC1. The average molecular weight is 198 g/mol. The summed E-state index contributed by atoms with van der Waals surface area (Å²) >= 11 is 0. The highest BCUT2D eigenvalue weighted by atomic mass is 16.5. The summed E-state index contributed by atoms with van der Waals surface area (Å²) in [5.41, 5.74) is -1.02. The van der Waals surface area contributed by atoms with E-state index in [4.69, 9.17) is 4.74 Å². The van der Waals surface area contributed by atoms with Gasteiger partial charge in [-0.2, -0.15) is 5.21 Å². The van der Waals surface area contributed by atoms with E-state index in [2.05, 4.69) is 20.6 Å². The van der Waals surface area contributed by atoms with Crippen molar-refractivity contribution in [2.24, 2.45) is 0 Å². The van der Waals surface area contributed by atoms with Crippen LogP contribution in [0, 0.1) is 0 Å². The second-order valence-corrected chi connectivity index (χ2v) is 3.24. The lowest BCUT2D eigenvalue weighted by atomic mass is 9.79. The molecule has 1 aliphatic rings. The topological polar surface area (TPSA) is 101 Å². The number of rotatable bonds is 2. The van der Waals surface area contributed by atoms with E-state index in [0.717, 1.165) is 0 Å². The second kappa shape index (κ2) is 3.33. The van der Waals surface area contributed by atoms with Gasteiger partial charge in [-0.25, -0.2) is 0 Å². The highest BCUT2D eigenvalue weighted by Gasteiger charge is 2.45. The molecule has 0 atom stereocenters. The zero-order chi connectivity index (χ0) is 10.0. The van der Waals surface area contributed by atoms with Crippen molar-refractivity contribution >= 4 is 5.97 Å². The van der Waals surface area contributed by atoms with Gasteiger partial charge in [0.05, 0.1) is 0 Å². The van der Waals surface area contributed by atoms with Crippen LogP contribution in [0.5, 0.6) is 0 Å². The van der Waals surface area contributed by atoms with Crippen molar-refractivity contribution in [3.8, 4) is 0 Å². The molecule has 76 valence electrons. The molecule has 0 amide bonds. The Morgan fingerprint density at radius 1 is 1.50 bits per heavy atom. The number of carbonyl (C=O) groups is 1. The number of hydrogen-bond acceptors (Lipinski definition) is 5. The molecule has 7 nitrogen and oxygen atoms in total. The molecule has 1 fully saturated rings. The van der Waals surface area contributed by atoms with Crippen molar-refractivity contribution in [2.75, 3.05) is 13.2 Å². The summed E-state index contributed by atoms with van der Waals surface area (Å²) in [5, 5.41) is 22.3. The van der Waals surface area contributed by atoms with Crippen LogP contribution >= 0.6 is 0 Å². The molecule has 0 aliphatic carbocycles. The van der Waals surface area contributed by atoms with Crippen LogP contribution in [0.4, 0.5) is 0 Å². The van der Waals surface area contributed by atoms with E-state index in [1.807, 2.05) is 0 Å². The second-order valence-electron chi connectivity index (χ2n) is 3.24. The summed E-state index contributed by atoms with van der Waals surface area (Å²) in [6, 6.07) is 0. The maximum absolute atomic E-state index is 11.2. The number of nitrogens with one attached hydrogen (secondary N) is 1. The molecule has 0 spiro atoms. The molecule has 7 heteroatoms. The van der Waals surface area contributed by atoms with Gasteiger partial charge in [-0.3, -0.25) is 4.79 Å². The van der Waals surface area contributed by atoms with E-state index in [9.17, 15) is 9.90 Å². The molecule has 1 aliphatic heterocycles. The fourth-order valence-corrected chi connectivity index (χ4v) is 1.62. The number of aromatic nitrogens is 4. The Balaban J connectivity index is 2.35. The molecule has 2 N–H and O–H groups in total. The Morgan fingerprint density at radius 2 is 2.21 bits per heavy atom. The maximum Gasteiger partial charge on any atom is 0.317 e. The Hall–Kier alpha value is -1.50. The molecule has 0 aromatic carbocycles. The number of aliphatic carboxylic acids is 1. The average Bonchev–Trinajstić information content (AvgIpc) is 2.72. The van der Waals surface area contributed by atoms with Gasteiger partial charge in [0.25, 0.3) is 0 Å². The third-order valence-corrected chi connectivity index (χ3v) is 2.53. The number of carboxylic acid groups (broad SMARTS) is 1. The minimum atomic E-state index is -1.02. The number of carboxylic acids is 1. The molecular formula is C7H10N4O3. The number of nitrogens with zero attached hydrogens (tertiary/aromatic N) is 3. The molecule has 1 saturated heterocycles. The van der Waals surface area contributed by atoms with Gasteiger partial charge >= 0.3 is 5.97 Å². The number of hydrogen-bond donors (Lipinski definition) is 2. The Kier molecular flexibility index (Phi) is 2.16. The molecule has 0 radical (unpaired) electrons. The molecule has 1 aromatic heterocycles. The van der Waals surface area contributed by atoms with E-state index >= 15 is 0 Å². The Morgan fingerprint density at radius 3 is 2.71 bits per heavy atom. The third kappa shape index (κ3) is 1.25. The first-order valence-electron chi connectivity index (χ1n) is 4.31. The van der Waals surface area contributed by atoms with Crippen LogP contribution in [0.3, 0.4) is 0 Å². The van der Waals surface area contributed by atoms with E-state index in [-0.39, 0.29) is 5.82 Å². The minimum absolute atomic E-state index is 0.244. The van der Waals surface area contributed by atoms with E-state index < -0.39 is 11.4 Å². The van der Waals surface area contributed by atoms with E-state index in [1.165, 1.54) is 0 Å². The van der Waals surface area contributed by atoms with Crippen molar-refractivity contribution in [1.82, 2.24) is 20.6 Å². The number of H-pyrrole nitrogens is 1. The third-order valence-electron chi connectivity index (χ3n) is 2.53. The molecular weight excluding hydrogens is 188 g/mol. The van der Waals surface area contributed by atoms with Crippen LogP contribution < -0.4 is 0 Å². The number of aromatic amines is 1. The first-order valence-corrected chi connectivity index (χ1v) is 4.31. The van der Waals surface area contributed by atoms with Crippen molar-refractivity contribution in [1.29, 1.82) is 0 Å². The minimum Gasteiger partial charge on any atom is -0.480 e. The van der Waals surface area contributed by atoms with Gasteiger partial charge in [0.15, 0.2) is 5.82 Å².